The van der Waals surface area contributed by atoms with Crippen molar-refractivity contribution in [3.63, 3.8) is 0 Å². The molecule has 0 amide bonds. The highest BCUT2D eigenvalue weighted by atomic mass is 16.7. The van der Waals surface area contributed by atoms with Crippen LogP contribution < -0.4 is 5.48 Å². The smallest absolute Gasteiger partial charge is 0.331 e. The van der Waals surface area contributed by atoms with Gasteiger partial charge in [0.05, 0.1) is 0 Å². The van der Waals surface area contributed by atoms with Crippen molar-refractivity contribution in [2.24, 2.45) is 0 Å². The number of carbonyl (C=O) groups is 1. The van der Waals surface area contributed by atoms with Gasteiger partial charge in [0.15, 0.2) is 6.61 Å². The second-order valence-corrected chi connectivity index (χ2v) is 1.26. The Morgan fingerprint density at radius 1 is 1.78 bits per heavy atom. The number of hydrogen-bond acceptors (Lipinski definition) is 4. The summed E-state index contributed by atoms with van der Waals surface area (Å²) in [5.41, 5.74) is 2.26. The van der Waals surface area contributed by atoms with Gasteiger partial charge in [0.25, 0.3) is 0 Å². The fraction of sp³-hybridized carbons (Fsp3) is 0.750. The summed E-state index contributed by atoms with van der Waals surface area (Å²) in [5.74, 6) is -1.02. The van der Waals surface area contributed by atoms with Gasteiger partial charge in [-0.3, -0.25) is 4.84 Å². The first-order valence-corrected chi connectivity index (χ1v) is 2.32. The number of carboxylic acids is 1. The molecule has 0 fully saturated rings. The van der Waals surface area contributed by atoms with Crippen LogP contribution in [0.25, 0.3) is 0 Å². The molecule has 0 saturated heterocycles. The predicted molar refractivity (Wildman–Crippen MR) is 28.6 cm³/mol. The molecule has 0 bridgehead atoms. The minimum absolute atomic E-state index is 0.188. The lowest BCUT2D eigenvalue weighted by atomic mass is 10.8. The summed E-state index contributed by atoms with van der Waals surface area (Å²) < 4.78 is 4.49. The summed E-state index contributed by atoms with van der Waals surface area (Å²) >= 11 is 0. The fourth-order valence-corrected chi connectivity index (χ4v) is 0.213. The molecule has 0 aliphatic heterocycles. The first-order chi connectivity index (χ1) is 4.27. The highest BCUT2D eigenvalue weighted by molar-refractivity contribution is 5.67. The lowest BCUT2D eigenvalue weighted by Gasteiger charge is -1.99. The lowest BCUT2D eigenvalue weighted by Crippen LogP contribution is -2.21. The zero-order chi connectivity index (χ0) is 7.11. The number of nitrogens with one attached hydrogen (secondary N) is 1. The molecule has 0 saturated carbocycles. The van der Waals surface area contributed by atoms with Gasteiger partial charge in [-0.2, -0.15) is 5.48 Å². The molecule has 0 rings (SSSR count). The van der Waals surface area contributed by atoms with E-state index >= 15 is 0 Å². The highest BCUT2D eigenvalue weighted by Gasteiger charge is 1.93. The summed E-state index contributed by atoms with van der Waals surface area (Å²) in [6.45, 7) is -0.170. The molecular formula is C4H9NO4. The average Bonchev–Trinajstić information content (AvgIpc) is 1.80. The Morgan fingerprint density at radius 2 is 2.44 bits per heavy atom. The van der Waals surface area contributed by atoms with E-state index in [0.29, 0.717) is 0 Å². The Balaban J connectivity index is 2.83. The van der Waals surface area contributed by atoms with Crippen LogP contribution in [0.5, 0.6) is 0 Å². The molecule has 0 aliphatic rings. The van der Waals surface area contributed by atoms with Crippen LogP contribution in [-0.4, -0.2) is 31.5 Å². The van der Waals surface area contributed by atoms with Gasteiger partial charge in [0, 0.05) is 7.11 Å². The van der Waals surface area contributed by atoms with E-state index in [1.54, 1.807) is 0 Å². The molecule has 0 aromatic rings. The summed E-state index contributed by atoms with van der Waals surface area (Å²) in [6.07, 6.45) is 0. The van der Waals surface area contributed by atoms with Crippen LogP contribution in [0.15, 0.2) is 0 Å². The van der Waals surface area contributed by atoms with Crippen molar-refractivity contribution in [2.75, 3.05) is 20.4 Å². The molecule has 2 N–H and O–H groups in total. The van der Waals surface area contributed by atoms with E-state index in [9.17, 15) is 4.79 Å². The van der Waals surface area contributed by atoms with E-state index in [-0.39, 0.29) is 13.3 Å². The summed E-state index contributed by atoms with van der Waals surface area (Å²) in [6, 6.07) is 0. The van der Waals surface area contributed by atoms with Crippen LogP contribution in [0.1, 0.15) is 0 Å². The number of aliphatic carboxylic acids is 1. The van der Waals surface area contributed by atoms with Crippen LogP contribution in [0.4, 0.5) is 0 Å². The van der Waals surface area contributed by atoms with Gasteiger partial charge in [-0.1, -0.05) is 0 Å². The maximum atomic E-state index is 9.76. The SMILES string of the molecule is COCNOCC(=O)O. The molecule has 0 spiro atoms. The Morgan fingerprint density at radius 3 is 2.89 bits per heavy atom. The van der Waals surface area contributed by atoms with Gasteiger partial charge in [0.1, 0.15) is 6.73 Å². The Bertz CT molecular complexity index is 84.6. The minimum Gasteiger partial charge on any atom is -0.479 e. The molecular weight excluding hydrogens is 126 g/mol. The molecule has 5 heteroatoms. The zero-order valence-electron chi connectivity index (χ0n) is 5.09. The predicted octanol–water partition coefficient (Wildman–Crippen LogP) is -0.804. The van der Waals surface area contributed by atoms with Gasteiger partial charge in [-0.05, 0) is 0 Å². The molecule has 9 heavy (non-hydrogen) atoms. The second-order valence-electron chi connectivity index (χ2n) is 1.26. The topological polar surface area (TPSA) is 67.8 Å². The van der Waals surface area contributed by atoms with Crippen molar-refractivity contribution in [3.05, 3.63) is 0 Å². The van der Waals surface area contributed by atoms with E-state index < -0.39 is 5.97 Å². The van der Waals surface area contributed by atoms with E-state index in [0.717, 1.165) is 0 Å². The standard InChI is InChI=1S/C4H9NO4/c1-8-3-5-9-2-4(6)7/h5H,2-3H2,1H3,(H,6,7). The zero-order valence-corrected chi connectivity index (χ0v) is 5.09. The molecule has 5 nitrogen and oxygen atoms in total. The van der Waals surface area contributed by atoms with Gasteiger partial charge < -0.3 is 9.84 Å². The van der Waals surface area contributed by atoms with Crippen molar-refractivity contribution in [1.29, 1.82) is 0 Å². The number of ether oxygens (including phenoxy) is 1. The van der Waals surface area contributed by atoms with Crippen molar-refractivity contribution >= 4 is 5.97 Å². The largest absolute Gasteiger partial charge is 0.479 e. The number of carboxylic acid groups (broad SMARTS) is 1. The molecule has 54 valence electrons. The Hall–Kier alpha value is -0.650. The van der Waals surface area contributed by atoms with Crippen LogP contribution in [0.3, 0.4) is 0 Å². The fourth-order valence-electron chi connectivity index (χ4n) is 0.213. The van der Waals surface area contributed by atoms with E-state index in [1.807, 2.05) is 0 Å². The number of rotatable bonds is 5. The third-order valence-corrected chi connectivity index (χ3v) is 0.501. The minimum atomic E-state index is -1.02. The van der Waals surface area contributed by atoms with E-state index in [4.69, 9.17) is 5.11 Å². The molecule has 0 heterocycles. The normalized spacial score (nSPS) is 9.44. The van der Waals surface area contributed by atoms with E-state index in [1.165, 1.54) is 7.11 Å². The van der Waals surface area contributed by atoms with E-state index in [2.05, 4.69) is 15.1 Å². The first kappa shape index (κ1) is 8.35. The van der Waals surface area contributed by atoms with Crippen molar-refractivity contribution in [1.82, 2.24) is 5.48 Å². The lowest BCUT2D eigenvalue weighted by molar-refractivity contribution is -0.146. The third-order valence-electron chi connectivity index (χ3n) is 0.501. The van der Waals surface area contributed by atoms with Crippen LogP contribution in [-0.2, 0) is 14.4 Å². The van der Waals surface area contributed by atoms with Gasteiger partial charge in [-0.25, -0.2) is 4.79 Å². The molecule has 0 aromatic carbocycles. The summed E-state index contributed by atoms with van der Waals surface area (Å²) in [7, 11) is 1.47. The molecule has 0 atom stereocenters. The van der Waals surface area contributed by atoms with Crippen LogP contribution >= 0.6 is 0 Å². The van der Waals surface area contributed by atoms with Crippen LogP contribution in [0, 0.1) is 0 Å². The van der Waals surface area contributed by atoms with Crippen molar-refractivity contribution in [3.8, 4) is 0 Å². The third kappa shape index (κ3) is 7.35. The Labute approximate surface area is 52.5 Å². The molecule has 0 unspecified atom stereocenters. The number of hydroxylamine groups is 1. The first-order valence-electron chi connectivity index (χ1n) is 2.32. The number of hydrogen-bond donors (Lipinski definition) is 2. The maximum Gasteiger partial charge on any atom is 0.331 e. The summed E-state index contributed by atoms with van der Waals surface area (Å²) in [4.78, 5) is 14.1. The Kier molecular flexibility index (Phi) is 5.09. The maximum absolute atomic E-state index is 9.76. The monoisotopic (exact) mass is 135 g/mol. The van der Waals surface area contributed by atoms with Gasteiger partial charge >= 0.3 is 5.97 Å². The van der Waals surface area contributed by atoms with Crippen LogP contribution in [0.2, 0.25) is 0 Å². The highest BCUT2D eigenvalue weighted by Crippen LogP contribution is 1.66. The molecule has 0 radical (unpaired) electrons. The van der Waals surface area contributed by atoms with Gasteiger partial charge in [-0.15, -0.1) is 0 Å². The van der Waals surface area contributed by atoms with Gasteiger partial charge in [0.2, 0.25) is 0 Å². The second kappa shape index (κ2) is 5.49. The molecule has 0 aliphatic carbocycles. The van der Waals surface area contributed by atoms with Crippen molar-refractivity contribution in [2.45, 2.75) is 0 Å². The molecule has 0 aromatic heterocycles. The summed E-state index contributed by atoms with van der Waals surface area (Å²) in [5, 5.41) is 8.01. The quantitative estimate of drug-likeness (QED) is 0.293. The number of methoxy groups -OCH3 is 1. The van der Waals surface area contributed by atoms with Crippen molar-refractivity contribution < 1.29 is 19.5 Å². The average molecular weight is 135 g/mol.